The molecule has 1 amide bonds. The number of carbonyl (C=O) groups is 1. The third-order valence-electron chi connectivity index (χ3n) is 2.58. The fourth-order valence-electron chi connectivity index (χ4n) is 1.65. The standard InChI is InChI=1S/C13H16BrN3O3/c1-9(18)15-4-5-19-8-11-6-13(17-20-11)12-3-2-10(14)7-16-12/h2-3,6-7,11,17H,4-5,8H2,1H3,(H,15,18)/t11-/m0/s1. The smallest absolute Gasteiger partial charge is 0.216 e. The summed E-state index contributed by atoms with van der Waals surface area (Å²) in [6, 6.07) is 3.81. The quantitative estimate of drug-likeness (QED) is 0.761. The zero-order valence-corrected chi connectivity index (χ0v) is 12.6. The molecule has 2 rings (SSSR count). The second kappa shape index (κ2) is 7.37. The lowest BCUT2D eigenvalue weighted by Crippen LogP contribution is -2.26. The molecule has 1 aromatic rings. The lowest BCUT2D eigenvalue weighted by molar-refractivity contribution is -0.119. The van der Waals surface area contributed by atoms with Crippen LogP contribution in [-0.2, 0) is 14.4 Å². The van der Waals surface area contributed by atoms with E-state index in [0.29, 0.717) is 19.8 Å². The fraction of sp³-hybridized carbons (Fsp3) is 0.385. The molecule has 1 aliphatic heterocycles. The molecule has 1 aromatic heterocycles. The molecule has 6 nitrogen and oxygen atoms in total. The summed E-state index contributed by atoms with van der Waals surface area (Å²) in [4.78, 5) is 20.3. The van der Waals surface area contributed by atoms with Gasteiger partial charge in [0.25, 0.3) is 0 Å². The van der Waals surface area contributed by atoms with E-state index in [1.54, 1.807) is 6.20 Å². The van der Waals surface area contributed by atoms with E-state index in [1.807, 2.05) is 18.2 Å². The first-order valence-electron chi connectivity index (χ1n) is 6.23. The largest absolute Gasteiger partial charge is 0.376 e. The number of nitrogens with one attached hydrogen (secondary N) is 2. The molecule has 0 radical (unpaired) electrons. The van der Waals surface area contributed by atoms with Crippen LogP contribution in [0, 0.1) is 0 Å². The molecule has 1 aliphatic rings. The number of halogens is 1. The second-order valence-electron chi connectivity index (χ2n) is 4.26. The number of aromatic nitrogens is 1. The van der Waals surface area contributed by atoms with Crippen molar-refractivity contribution in [2.24, 2.45) is 0 Å². The Labute approximate surface area is 125 Å². The van der Waals surface area contributed by atoms with E-state index in [1.165, 1.54) is 6.92 Å². The molecule has 20 heavy (non-hydrogen) atoms. The topological polar surface area (TPSA) is 72.5 Å². The summed E-state index contributed by atoms with van der Waals surface area (Å²) in [6.07, 6.45) is 3.50. The van der Waals surface area contributed by atoms with Crippen molar-refractivity contribution < 1.29 is 14.4 Å². The number of hydroxylamine groups is 1. The van der Waals surface area contributed by atoms with Gasteiger partial charge in [-0.25, -0.2) is 0 Å². The van der Waals surface area contributed by atoms with Gasteiger partial charge in [0.15, 0.2) is 0 Å². The third-order valence-corrected chi connectivity index (χ3v) is 3.05. The first-order valence-corrected chi connectivity index (χ1v) is 7.02. The molecular formula is C13H16BrN3O3. The summed E-state index contributed by atoms with van der Waals surface area (Å²) in [6.45, 7) is 2.86. The summed E-state index contributed by atoms with van der Waals surface area (Å²) in [7, 11) is 0. The number of amides is 1. The Morgan fingerprint density at radius 3 is 3.15 bits per heavy atom. The van der Waals surface area contributed by atoms with Gasteiger partial charge in [0.05, 0.1) is 24.6 Å². The van der Waals surface area contributed by atoms with Gasteiger partial charge >= 0.3 is 0 Å². The zero-order chi connectivity index (χ0) is 14.4. The minimum absolute atomic E-state index is 0.0594. The average Bonchev–Trinajstić information content (AvgIpc) is 2.87. The lowest BCUT2D eigenvalue weighted by Gasteiger charge is -2.08. The van der Waals surface area contributed by atoms with E-state index in [9.17, 15) is 4.79 Å². The van der Waals surface area contributed by atoms with Gasteiger partial charge in [0, 0.05) is 24.1 Å². The van der Waals surface area contributed by atoms with Gasteiger partial charge in [-0.3, -0.25) is 20.1 Å². The average molecular weight is 342 g/mol. The van der Waals surface area contributed by atoms with Crippen LogP contribution in [0.25, 0.3) is 5.70 Å². The molecule has 0 fully saturated rings. The van der Waals surface area contributed by atoms with Crippen LogP contribution in [0.1, 0.15) is 12.6 Å². The van der Waals surface area contributed by atoms with E-state index in [2.05, 4.69) is 31.7 Å². The number of hydrogen-bond acceptors (Lipinski definition) is 5. The first-order chi connectivity index (χ1) is 9.65. The molecule has 0 aromatic carbocycles. The van der Waals surface area contributed by atoms with Crippen LogP contribution in [-0.4, -0.2) is 36.8 Å². The number of hydrogen-bond donors (Lipinski definition) is 2. The highest BCUT2D eigenvalue weighted by molar-refractivity contribution is 9.10. The van der Waals surface area contributed by atoms with Crippen LogP contribution in [0.4, 0.5) is 0 Å². The van der Waals surface area contributed by atoms with Crippen molar-refractivity contribution in [3.63, 3.8) is 0 Å². The van der Waals surface area contributed by atoms with E-state index in [4.69, 9.17) is 9.57 Å². The summed E-state index contributed by atoms with van der Waals surface area (Å²) in [5.41, 5.74) is 4.48. The predicted molar refractivity (Wildman–Crippen MR) is 77.4 cm³/mol. The maximum atomic E-state index is 10.7. The van der Waals surface area contributed by atoms with Gasteiger partial charge in [-0.05, 0) is 34.1 Å². The van der Waals surface area contributed by atoms with E-state index >= 15 is 0 Å². The van der Waals surface area contributed by atoms with E-state index in [0.717, 1.165) is 15.9 Å². The number of ether oxygens (including phenoxy) is 1. The Hall–Kier alpha value is -1.44. The Morgan fingerprint density at radius 2 is 2.45 bits per heavy atom. The van der Waals surface area contributed by atoms with Crippen molar-refractivity contribution in [2.45, 2.75) is 13.0 Å². The maximum absolute atomic E-state index is 10.7. The maximum Gasteiger partial charge on any atom is 0.216 e. The van der Waals surface area contributed by atoms with Crippen LogP contribution < -0.4 is 10.8 Å². The van der Waals surface area contributed by atoms with E-state index < -0.39 is 0 Å². The molecule has 0 bridgehead atoms. The van der Waals surface area contributed by atoms with Crippen LogP contribution in [0.3, 0.4) is 0 Å². The van der Waals surface area contributed by atoms with Crippen LogP contribution in [0.2, 0.25) is 0 Å². The molecule has 2 heterocycles. The molecule has 0 aliphatic carbocycles. The number of rotatable bonds is 6. The van der Waals surface area contributed by atoms with Gasteiger partial charge < -0.3 is 10.1 Å². The molecule has 1 atom stereocenters. The lowest BCUT2D eigenvalue weighted by atomic mass is 10.2. The van der Waals surface area contributed by atoms with Crippen molar-refractivity contribution in [1.29, 1.82) is 0 Å². The Balaban J connectivity index is 1.76. The van der Waals surface area contributed by atoms with Crippen LogP contribution >= 0.6 is 15.9 Å². The van der Waals surface area contributed by atoms with Crippen molar-refractivity contribution in [3.8, 4) is 0 Å². The Bertz CT molecular complexity index is 490. The van der Waals surface area contributed by atoms with Gasteiger partial charge in [-0.1, -0.05) is 0 Å². The number of nitrogens with zero attached hydrogens (tertiary/aromatic N) is 1. The Morgan fingerprint density at radius 1 is 1.60 bits per heavy atom. The van der Waals surface area contributed by atoms with Crippen LogP contribution in [0.5, 0.6) is 0 Å². The molecule has 0 unspecified atom stereocenters. The normalized spacial score (nSPS) is 17.5. The molecule has 108 valence electrons. The summed E-state index contributed by atoms with van der Waals surface area (Å²) in [5, 5.41) is 2.66. The monoisotopic (exact) mass is 341 g/mol. The highest BCUT2D eigenvalue weighted by Crippen LogP contribution is 2.18. The Kier molecular flexibility index (Phi) is 5.51. The van der Waals surface area contributed by atoms with Gasteiger partial charge in [-0.2, -0.15) is 0 Å². The first kappa shape index (κ1) is 15.0. The van der Waals surface area contributed by atoms with Gasteiger partial charge in [0.1, 0.15) is 6.10 Å². The molecule has 0 spiro atoms. The molecule has 0 saturated heterocycles. The highest BCUT2D eigenvalue weighted by atomic mass is 79.9. The summed E-state index contributed by atoms with van der Waals surface area (Å²) >= 11 is 3.34. The minimum Gasteiger partial charge on any atom is -0.376 e. The fourth-order valence-corrected chi connectivity index (χ4v) is 1.88. The van der Waals surface area contributed by atoms with Gasteiger partial charge in [-0.15, -0.1) is 0 Å². The molecule has 7 heteroatoms. The highest BCUT2D eigenvalue weighted by Gasteiger charge is 2.18. The van der Waals surface area contributed by atoms with Crippen LogP contribution in [0.15, 0.2) is 28.9 Å². The summed E-state index contributed by atoms with van der Waals surface area (Å²) < 4.78 is 6.35. The SMILES string of the molecule is CC(=O)NCCOC[C@@H]1C=C(c2ccc(Br)cn2)NO1. The van der Waals surface area contributed by atoms with Crippen molar-refractivity contribution in [1.82, 2.24) is 15.8 Å². The zero-order valence-electron chi connectivity index (χ0n) is 11.1. The third kappa shape index (κ3) is 4.59. The summed E-state index contributed by atoms with van der Waals surface area (Å²) in [5.74, 6) is -0.0594. The van der Waals surface area contributed by atoms with Crippen molar-refractivity contribution >= 4 is 27.5 Å². The number of pyridine rings is 1. The van der Waals surface area contributed by atoms with Crippen molar-refractivity contribution in [3.05, 3.63) is 34.6 Å². The molecule has 0 saturated carbocycles. The minimum atomic E-state index is -0.159. The predicted octanol–water partition coefficient (Wildman–Crippen LogP) is 1.24. The van der Waals surface area contributed by atoms with Crippen molar-refractivity contribution in [2.75, 3.05) is 19.8 Å². The molecule has 2 N–H and O–H groups in total. The van der Waals surface area contributed by atoms with Gasteiger partial charge in [0.2, 0.25) is 5.91 Å². The number of carbonyl (C=O) groups excluding carboxylic acids is 1. The molecular weight excluding hydrogens is 326 g/mol. The van der Waals surface area contributed by atoms with E-state index in [-0.39, 0.29) is 12.0 Å². The second-order valence-corrected chi connectivity index (χ2v) is 5.17.